The molecule has 0 spiro atoms. The maximum absolute atomic E-state index is 13.3. The fourth-order valence-corrected chi connectivity index (χ4v) is 4.48. The van der Waals surface area contributed by atoms with Crippen LogP contribution < -0.4 is 9.04 Å². The Morgan fingerprint density at radius 1 is 0.871 bits per heavy atom. The third-order valence-electron chi connectivity index (χ3n) is 4.86. The first-order chi connectivity index (χ1) is 14.6. The number of aryl methyl sites for hydroxylation is 1. The van der Waals surface area contributed by atoms with Crippen molar-refractivity contribution in [1.82, 2.24) is 0 Å². The van der Waals surface area contributed by atoms with Gasteiger partial charge in [0, 0.05) is 0 Å². The third-order valence-corrected chi connectivity index (χ3v) is 6.62. The summed E-state index contributed by atoms with van der Waals surface area (Å²) in [6.07, 6.45) is 0. The van der Waals surface area contributed by atoms with Crippen LogP contribution in [0.1, 0.15) is 31.9 Å². The Morgan fingerprint density at radius 2 is 1.45 bits per heavy atom. The van der Waals surface area contributed by atoms with E-state index >= 15 is 0 Å². The Hall–Kier alpha value is -3.12. The molecule has 0 aliphatic rings. The number of rotatable bonds is 6. The number of carbonyl (C=O) groups excluding carboxylic acids is 1. The van der Waals surface area contributed by atoms with Crippen LogP contribution in [0, 0.1) is 6.92 Å². The van der Waals surface area contributed by atoms with Crippen molar-refractivity contribution in [2.24, 2.45) is 0 Å². The number of hydrogen-bond donors (Lipinski definition) is 0. The van der Waals surface area contributed by atoms with Gasteiger partial charge in [-0.05, 0) is 54.3 Å². The average molecular weight is 438 g/mol. The molecule has 0 atom stereocenters. The molecule has 3 aromatic rings. The van der Waals surface area contributed by atoms with Gasteiger partial charge in [-0.3, -0.25) is 4.79 Å². The molecule has 5 nitrogen and oxygen atoms in total. The second-order valence-corrected chi connectivity index (χ2v) is 10.2. The maximum Gasteiger partial charge on any atom is 0.278 e. The third kappa shape index (κ3) is 5.33. The zero-order valence-corrected chi connectivity index (χ0v) is 19.0. The lowest BCUT2D eigenvalue weighted by Crippen LogP contribution is -2.40. The summed E-state index contributed by atoms with van der Waals surface area (Å²) >= 11 is 0. The van der Waals surface area contributed by atoms with Gasteiger partial charge in [-0.15, -0.1) is 0 Å². The molecule has 0 saturated heterocycles. The van der Waals surface area contributed by atoms with Crippen molar-refractivity contribution in [2.75, 3.05) is 10.9 Å². The van der Waals surface area contributed by atoms with E-state index in [9.17, 15) is 13.2 Å². The predicted octanol–water partition coefficient (Wildman–Crippen LogP) is 5.09. The molecule has 162 valence electrons. The topological polar surface area (TPSA) is 63.7 Å². The Bertz CT molecular complexity index is 1130. The molecular formula is C25H27NO4S. The summed E-state index contributed by atoms with van der Waals surface area (Å²) in [5.74, 6) is -0.171. The molecule has 0 aliphatic heterocycles. The van der Waals surface area contributed by atoms with Gasteiger partial charge in [0.2, 0.25) is 0 Å². The molecule has 0 bridgehead atoms. The molecule has 0 fully saturated rings. The SMILES string of the molecule is Cc1ccc(N(C(=O)COc2ccc(C(C)(C)C)cc2)S(=O)(=O)c2ccccc2)cc1. The lowest BCUT2D eigenvalue weighted by molar-refractivity contribution is -0.119. The van der Waals surface area contributed by atoms with Gasteiger partial charge >= 0.3 is 0 Å². The van der Waals surface area contributed by atoms with Crippen molar-refractivity contribution < 1.29 is 17.9 Å². The highest BCUT2D eigenvalue weighted by Gasteiger charge is 2.31. The number of amides is 1. The monoisotopic (exact) mass is 437 g/mol. The molecule has 31 heavy (non-hydrogen) atoms. The first-order valence-corrected chi connectivity index (χ1v) is 11.5. The van der Waals surface area contributed by atoms with Crippen molar-refractivity contribution >= 4 is 21.6 Å². The fraction of sp³-hybridized carbons (Fsp3) is 0.240. The lowest BCUT2D eigenvalue weighted by atomic mass is 9.87. The molecule has 0 unspecified atom stereocenters. The number of carbonyl (C=O) groups is 1. The van der Waals surface area contributed by atoms with Gasteiger partial charge in [-0.1, -0.05) is 68.8 Å². The summed E-state index contributed by atoms with van der Waals surface area (Å²) in [5.41, 5.74) is 2.37. The minimum absolute atomic E-state index is 0.000348. The summed E-state index contributed by atoms with van der Waals surface area (Å²) < 4.78 is 33.0. The van der Waals surface area contributed by atoms with Crippen molar-refractivity contribution in [2.45, 2.75) is 38.0 Å². The minimum Gasteiger partial charge on any atom is -0.484 e. The summed E-state index contributed by atoms with van der Waals surface area (Å²) in [4.78, 5) is 13.1. The largest absolute Gasteiger partial charge is 0.484 e. The highest BCUT2D eigenvalue weighted by atomic mass is 32.2. The van der Waals surface area contributed by atoms with Gasteiger partial charge in [0.15, 0.2) is 6.61 Å². The van der Waals surface area contributed by atoms with E-state index in [2.05, 4.69) is 20.8 Å². The molecule has 0 heterocycles. The summed E-state index contributed by atoms with van der Waals surface area (Å²) in [5, 5.41) is 0. The molecule has 1 amide bonds. The molecule has 0 N–H and O–H groups in total. The number of hydrogen-bond acceptors (Lipinski definition) is 4. The molecule has 3 aromatic carbocycles. The number of nitrogens with zero attached hydrogens (tertiary/aromatic N) is 1. The molecule has 0 saturated carbocycles. The zero-order chi connectivity index (χ0) is 22.6. The normalized spacial score (nSPS) is 11.7. The first kappa shape index (κ1) is 22.6. The second kappa shape index (κ2) is 8.94. The number of benzene rings is 3. The van der Waals surface area contributed by atoms with Crippen LogP contribution in [0.2, 0.25) is 0 Å². The van der Waals surface area contributed by atoms with Gasteiger partial charge in [0.25, 0.3) is 15.9 Å². The van der Waals surface area contributed by atoms with Crippen LogP contribution in [0.3, 0.4) is 0 Å². The second-order valence-electron chi connectivity index (χ2n) is 8.37. The van der Waals surface area contributed by atoms with Crippen molar-refractivity contribution in [1.29, 1.82) is 0 Å². The summed E-state index contributed by atoms with van der Waals surface area (Å²) in [6.45, 7) is 7.82. The van der Waals surface area contributed by atoms with E-state index in [1.165, 1.54) is 12.1 Å². The van der Waals surface area contributed by atoms with Crippen molar-refractivity contribution in [3.63, 3.8) is 0 Å². The fourth-order valence-electron chi connectivity index (χ4n) is 3.05. The van der Waals surface area contributed by atoms with Crippen LogP contribution in [0.5, 0.6) is 5.75 Å². The molecular weight excluding hydrogens is 410 g/mol. The van der Waals surface area contributed by atoms with E-state index in [1.54, 1.807) is 54.6 Å². The number of ether oxygens (including phenoxy) is 1. The van der Waals surface area contributed by atoms with Gasteiger partial charge in [-0.25, -0.2) is 8.42 Å². The standard InChI is InChI=1S/C25H27NO4S/c1-19-10-14-21(15-11-19)26(31(28,29)23-8-6-5-7-9-23)24(27)18-30-22-16-12-20(13-17-22)25(2,3)4/h5-17H,18H2,1-4H3. The number of sulfonamides is 1. The molecule has 0 aliphatic carbocycles. The number of anilines is 1. The van der Waals surface area contributed by atoms with Crippen LogP contribution in [0.15, 0.2) is 83.8 Å². The van der Waals surface area contributed by atoms with Crippen LogP contribution >= 0.6 is 0 Å². The lowest BCUT2D eigenvalue weighted by Gasteiger charge is -2.23. The Kier molecular flexibility index (Phi) is 6.51. The molecule has 6 heteroatoms. The van der Waals surface area contributed by atoms with Crippen LogP contribution in [-0.2, 0) is 20.2 Å². The van der Waals surface area contributed by atoms with Crippen LogP contribution in [0.25, 0.3) is 0 Å². The molecule has 3 rings (SSSR count). The van der Waals surface area contributed by atoms with E-state index < -0.39 is 22.5 Å². The minimum atomic E-state index is -4.09. The Balaban J connectivity index is 1.87. The quantitative estimate of drug-likeness (QED) is 0.539. The predicted molar refractivity (Wildman–Crippen MR) is 123 cm³/mol. The molecule has 0 radical (unpaired) electrons. The van der Waals surface area contributed by atoms with Crippen molar-refractivity contribution in [3.8, 4) is 5.75 Å². The summed E-state index contributed by atoms with van der Waals surface area (Å²) in [6, 6.07) is 22.1. The average Bonchev–Trinajstić information content (AvgIpc) is 2.74. The summed E-state index contributed by atoms with van der Waals surface area (Å²) in [7, 11) is -4.09. The van der Waals surface area contributed by atoms with Gasteiger partial charge in [-0.2, -0.15) is 4.31 Å². The Labute approximate surface area is 184 Å². The van der Waals surface area contributed by atoms with Crippen LogP contribution in [0.4, 0.5) is 5.69 Å². The highest BCUT2D eigenvalue weighted by Crippen LogP contribution is 2.26. The Morgan fingerprint density at radius 3 is 2.00 bits per heavy atom. The van der Waals surface area contributed by atoms with Gasteiger partial charge in [0.1, 0.15) is 5.75 Å². The van der Waals surface area contributed by atoms with E-state index in [0.29, 0.717) is 5.75 Å². The van der Waals surface area contributed by atoms with E-state index in [4.69, 9.17) is 4.74 Å². The zero-order valence-electron chi connectivity index (χ0n) is 18.2. The van der Waals surface area contributed by atoms with Crippen LogP contribution in [-0.4, -0.2) is 20.9 Å². The smallest absolute Gasteiger partial charge is 0.278 e. The van der Waals surface area contributed by atoms with E-state index in [-0.39, 0.29) is 16.0 Å². The van der Waals surface area contributed by atoms with Gasteiger partial charge in [0.05, 0.1) is 10.6 Å². The van der Waals surface area contributed by atoms with Crippen molar-refractivity contribution in [3.05, 3.63) is 90.0 Å². The van der Waals surface area contributed by atoms with E-state index in [0.717, 1.165) is 15.4 Å². The molecule has 0 aromatic heterocycles. The highest BCUT2D eigenvalue weighted by molar-refractivity contribution is 7.93. The first-order valence-electron chi connectivity index (χ1n) is 10.0. The van der Waals surface area contributed by atoms with Gasteiger partial charge < -0.3 is 4.74 Å². The maximum atomic E-state index is 13.3. The van der Waals surface area contributed by atoms with E-state index in [1.807, 2.05) is 19.1 Å².